The third-order valence-corrected chi connectivity index (χ3v) is 14.9. The summed E-state index contributed by atoms with van der Waals surface area (Å²) < 4.78 is 5.47. The zero-order valence-corrected chi connectivity index (χ0v) is 48.4. The van der Waals surface area contributed by atoms with Crippen molar-refractivity contribution in [1.29, 1.82) is 0 Å². The van der Waals surface area contributed by atoms with Gasteiger partial charge in [-0.1, -0.05) is 288 Å². The number of hydrogen-bond acceptors (Lipinski definition) is 5. The minimum absolute atomic E-state index is 0.00659. The summed E-state index contributed by atoms with van der Waals surface area (Å²) in [5.41, 5.74) is 0. The van der Waals surface area contributed by atoms with Crippen LogP contribution in [-0.2, 0) is 14.3 Å². The quantitative estimate of drug-likeness (QED) is 0.0320. The van der Waals surface area contributed by atoms with Crippen LogP contribution in [0, 0.1) is 0 Å². The van der Waals surface area contributed by atoms with E-state index in [1.54, 1.807) is 6.08 Å². The molecule has 0 aromatic heterocycles. The predicted octanol–water partition coefficient (Wildman–Crippen LogP) is 20.4. The van der Waals surface area contributed by atoms with Crippen molar-refractivity contribution in [2.24, 2.45) is 0 Å². The van der Waals surface area contributed by atoms with Crippen molar-refractivity contribution >= 4 is 11.9 Å². The number of carbonyl (C=O) groups excluding carboxylic acids is 2. The smallest absolute Gasteiger partial charge is 0.305 e. The fourth-order valence-corrected chi connectivity index (χ4v) is 9.92. The normalized spacial score (nSPS) is 12.8. The summed E-state index contributed by atoms with van der Waals surface area (Å²) in [4.78, 5) is 24.5. The van der Waals surface area contributed by atoms with E-state index in [2.05, 4.69) is 43.5 Å². The molecule has 0 aliphatic rings. The van der Waals surface area contributed by atoms with Gasteiger partial charge in [0.05, 0.1) is 25.4 Å². The molecule has 0 saturated carbocycles. The van der Waals surface area contributed by atoms with Crippen LogP contribution in [0.3, 0.4) is 0 Å². The molecule has 6 nitrogen and oxygen atoms in total. The molecule has 0 aliphatic carbocycles. The Morgan fingerprint density at radius 3 is 1.01 bits per heavy atom. The highest BCUT2D eigenvalue weighted by Gasteiger charge is 2.18. The number of rotatable bonds is 60. The van der Waals surface area contributed by atoms with E-state index in [0.717, 1.165) is 44.9 Å². The second-order valence-electron chi connectivity index (χ2n) is 22.1. The lowest BCUT2D eigenvalue weighted by Gasteiger charge is -2.20. The van der Waals surface area contributed by atoms with Crippen LogP contribution >= 0.6 is 0 Å². The lowest BCUT2D eigenvalue weighted by molar-refractivity contribution is -0.143. The van der Waals surface area contributed by atoms with E-state index < -0.39 is 12.1 Å². The van der Waals surface area contributed by atoms with E-state index in [-0.39, 0.29) is 18.5 Å². The summed E-state index contributed by atoms with van der Waals surface area (Å²) in [6, 6.07) is -0.626. The average molecular weight is 1010 g/mol. The Labute approximate surface area is 449 Å². The molecule has 0 fully saturated rings. The number of hydrogen-bond donors (Lipinski definition) is 3. The molecule has 0 aliphatic heterocycles. The maximum atomic E-state index is 12.5. The molecule has 0 bridgehead atoms. The first-order valence-electron chi connectivity index (χ1n) is 32.3. The maximum Gasteiger partial charge on any atom is 0.305 e. The second-order valence-corrected chi connectivity index (χ2v) is 22.1. The number of aliphatic hydroxyl groups is 2. The number of amides is 1. The number of allylic oxidation sites excluding steroid dienone is 5. The van der Waals surface area contributed by atoms with Gasteiger partial charge in [0.1, 0.15) is 0 Å². The van der Waals surface area contributed by atoms with Crippen molar-refractivity contribution in [3.8, 4) is 0 Å². The molecule has 0 saturated heterocycles. The molecule has 2 atom stereocenters. The van der Waals surface area contributed by atoms with Crippen molar-refractivity contribution in [3.05, 3.63) is 36.5 Å². The molecule has 424 valence electrons. The Bertz CT molecular complexity index is 1170. The Morgan fingerprint density at radius 1 is 0.375 bits per heavy atom. The second kappa shape index (κ2) is 61.6. The lowest BCUT2D eigenvalue weighted by atomic mass is 10.0. The van der Waals surface area contributed by atoms with Gasteiger partial charge in [-0.2, -0.15) is 0 Å². The van der Waals surface area contributed by atoms with Crippen LogP contribution in [0.1, 0.15) is 348 Å². The number of aliphatic hydroxyl groups excluding tert-OH is 2. The van der Waals surface area contributed by atoms with E-state index in [1.165, 1.54) is 276 Å². The van der Waals surface area contributed by atoms with Crippen LogP contribution < -0.4 is 5.32 Å². The fourth-order valence-electron chi connectivity index (χ4n) is 9.92. The summed E-state index contributed by atoms with van der Waals surface area (Å²) in [7, 11) is 0. The van der Waals surface area contributed by atoms with Gasteiger partial charge in [-0.25, -0.2) is 0 Å². The van der Waals surface area contributed by atoms with Gasteiger partial charge in [-0.05, 0) is 83.5 Å². The van der Waals surface area contributed by atoms with Crippen LogP contribution in [0.15, 0.2) is 36.5 Å². The van der Waals surface area contributed by atoms with Crippen LogP contribution in [0.25, 0.3) is 0 Å². The van der Waals surface area contributed by atoms with Crippen LogP contribution in [0.2, 0.25) is 0 Å². The summed E-state index contributed by atoms with van der Waals surface area (Å²) in [5, 5.41) is 23.1. The molecule has 0 radical (unpaired) electrons. The summed E-state index contributed by atoms with van der Waals surface area (Å²) in [6.45, 7) is 4.89. The first kappa shape index (κ1) is 70.1. The minimum Gasteiger partial charge on any atom is -0.466 e. The first-order valence-corrected chi connectivity index (χ1v) is 32.3. The molecule has 0 rings (SSSR count). The zero-order valence-electron chi connectivity index (χ0n) is 48.4. The van der Waals surface area contributed by atoms with Crippen molar-refractivity contribution in [2.75, 3.05) is 13.2 Å². The monoisotopic (exact) mass is 1010 g/mol. The van der Waals surface area contributed by atoms with Crippen molar-refractivity contribution < 1.29 is 24.5 Å². The molecule has 0 heterocycles. The molecular formula is C66H125NO5. The van der Waals surface area contributed by atoms with Gasteiger partial charge < -0.3 is 20.3 Å². The molecule has 0 aromatic carbocycles. The van der Waals surface area contributed by atoms with Gasteiger partial charge >= 0.3 is 5.97 Å². The van der Waals surface area contributed by atoms with Crippen LogP contribution in [0.5, 0.6) is 0 Å². The van der Waals surface area contributed by atoms with E-state index >= 15 is 0 Å². The third-order valence-electron chi connectivity index (χ3n) is 14.9. The highest BCUT2D eigenvalue weighted by molar-refractivity contribution is 5.76. The van der Waals surface area contributed by atoms with Gasteiger partial charge in [0.25, 0.3) is 0 Å². The Morgan fingerprint density at radius 2 is 0.653 bits per heavy atom. The maximum absolute atomic E-state index is 12.5. The number of nitrogens with one attached hydrogen (secondary N) is 1. The van der Waals surface area contributed by atoms with Crippen molar-refractivity contribution in [2.45, 2.75) is 360 Å². The van der Waals surface area contributed by atoms with E-state index in [1.807, 2.05) is 6.08 Å². The lowest BCUT2D eigenvalue weighted by Crippen LogP contribution is -2.45. The largest absolute Gasteiger partial charge is 0.466 e. The van der Waals surface area contributed by atoms with Gasteiger partial charge in [-0.3, -0.25) is 9.59 Å². The molecule has 2 unspecified atom stereocenters. The topological polar surface area (TPSA) is 95.9 Å². The molecule has 6 heteroatoms. The highest BCUT2D eigenvalue weighted by atomic mass is 16.5. The number of unbranched alkanes of at least 4 members (excludes halogenated alkanes) is 45. The first-order chi connectivity index (χ1) is 35.5. The Hall–Kier alpha value is -1.92. The van der Waals surface area contributed by atoms with Crippen molar-refractivity contribution in [1.82, 2.24) is 5.32 Å². The highest BCUT2D eigenvalue weighted by Crippen LogP contribution is 2.17. The Balaban J connectivity index is 3.38. The summed E-state index contributed by atoms with van der Waals surface area (Å²) in [5.74, 6) is -0.0592. The molecule has 0 spiro atoms. The molecule has 1 amide bonds. The standard InChI is InChI=1S/C66H125NO5/c1-3-5-7-9-11-13-15-35-38-42-46-50-54-58-64(69)63(62-68)67-65(70)59-55-51-47-43-39-36-33-31-29-27-25-23-21-19-17-18-20-22-24-26-28-30-32-34-37-41-45-49-53-57-61-72-66(71)60-56-52-48-44-40-16-14-12-10-8-6-4-2/h12,14,18,20,54,58,63-64,68-69H,3-11,13,15-17,19,21-53,55-57,59-62H2,1-2H3,(H,67,70)/b14-12-,20-18-,58-54+. The van der Waals surface area contributed by atoms with Gasteiger partial charge in [0, 0.05) is 12.8 Å². The van der Waals surface area contributed by atoms with E-state index in [0.29, 0.717) is 19.4 Å². The number of esters is 1. The molecular weight excluding hydrogens is 887 g/mol. The van der Waals surface area contributed by atoms with Gasteiger partial charge in [0.15, 0.2) is 0 Å². The van der Waals surface area contributed by atoms with Gasteiger partial charge in [-0.15, -0.1) is 0 Å². The fraction of sp³-hybridized carbons (Fsp3) is 0.879. The number of carbonyl (C=O) groups is 2. The average Bonchev–Trinajstić information content (AvgIpc) is 3.38. The molecule has 3 N–H and O–H groups in total. The van der Waals surface area contributed by atoms with Crippen LogP contribution in [0.4, 0.5) is 0 Å². The van der Waals surface area contributed by atoms with E-state index in [9.17, 15) is 19.8 Å². The zero-order chi connectivity index (χ0) is 52.2. The van der Waals surface area contributed by atoms with Crippen LogP contribution in [-0.4, -0.2) is 47.4 Å². The molecule has 0 aromatic rings. The van der Waals surface area contributed by atoms with Crippen molar-refractivity contribution in [3.63, 3.8) is 0 Å². The summed E-state index contributed by atoms with van der Waals surface area (Å²) in [6.07, 6.45) is 77.8. The van der Waals surface area contributed by atoms with E-state index in [4.69, 9.17) is 4.74 Å². The SMILES string of the molecule is CCCCC/C=C\CCCCCCCC(=O)OCCCCCCCCCCCCCC/C=C\CCCCCCCCCCCCCCCCC(=O)NC(CO)C(O)/C=C/CCCCCCCCCCCCC. The minimum atomic E-state index is -0.842. The Kier molecular flexibility index (Phi) is 60.0. The van der Waals surface area contributed by atoms with Gasteiger partial charge in [0.2, 0.25) is 5.91 Å². The predicted molar refractivity (Wildman–Crippen MR) is 315 cm³/mol. The summed E-state index contributed by atoms with van der Waals surface area (Å²) >= 11 is 0. The third kappa shape index (κ3) is 57.4. The molecule has 72 heavy (non-hydrogen) atoms. The number of ether oxygens (including phenoxy) is 1.